The molecule has 0 aliphatic carbocycles. The van der Waals surface area contributed by atoms with Crippen LogP contribution in [0.1, 0.15) is 22.5 Å². The first-order valence-electron chi connectivity index (χ1n) is 8.35. The normalized spacial score (nSPS) is 11.8. The largest absolute Gasteiger partial charge is 0.711 e. The first-order chi connectivity index (χ1) is 14.1. The molecule has 0 fully saturated rings. The Labute approximate surface area is 178 Å². The van der Waals surface area contributed by atoms with Crippen LogP contribution in [-0.2, 0) is 12.8 Å². The summed E-state index contributed by atoms with van der Waals surface area (Å²) in [6.07, 6.45) is -1.69. The molecular formula is C20H12Cl2F4N2O2. The molecule has 0 amide bonds. The van der Waals surface area contributed by atoms with E-state index in [0.717, 1.165) is 0 Å². The number of benzene rings is 2. The van der Waals surface area contributed by atoms with E-state index in [1.807, 2.05) is 0 Å². The summed E-state index contributed by atoms with van der Waals surface area (Å²) in [6, 6.07) is 9.51. The van der Waals surface area contributed by atoms with Crippen LogP contribution in [0.2, 0.25) is 10.0 Å². The number of alkyl halides is 3. The van der Waals surface area contributed by atoms with Crippen LogP contribution in [0.3, 0.4) is 0 Å². The highest BCUT2D eigenvalue weighted by atomic mass is 35.5. The summed E-state index contributed by atoms with van der Waals surface area (Å²) in [4.78, 5) is 3.65. The molecule has 10 heteroatoms. The second kappa shape index (κ2) is 8.89. The Hall–Kier alpha value is -2.84. The fourth-order valence-corrected chi connectivity index (χ4v) is 3.08. The van der Waals surface area contributed by atoms with Crippen LogP contribution in [0.4, 0.5) is 17.6 Å². The van der Waals surface area contributed by atoms with Gasteiger partial charge in [-0.15, -0.1) is 0 Å². The number of aromatic nitrogens is 2. The van der Waals surface area contributed by atoms with Crippen molar-refractivity contribution in [3.63, 3.8) is 0 Å². The molecule has 0 bridgehead atoms. The zero-order valence-electron chi connectivity index (χ0n) is 15.0. The van der Waals surface area contributed by atoms with Gasteiger partial charge in [0.05, 0.1) is 5.02 Å². The number of hydrogen-bond donors (Lipinski definition) is 0. The van der Waals surface area contributed by atoms with Gasteiger partial charge in [-0.25, -0.2) is 9.12 Å². The highest BCUT2D eigenvalue weighted by Crippen LogP contribution is 2.34. The van der Waals surface area contributed by atoms with Gasteiger partial charge in [0.1, 0.15) is 18.2 Å². The van der Waals surface area contributed by atoms with Gasteiger partial charge >= 0.3 is 6.18 Å². The first-order valence-corrected chi connectivity index (χ1v) is 9.10. The van der Waals surface area contributed by atoms with Gasteiger partial charge in [0.25, 0.3) is 6.33 Å². The van der Waals surface area contributed by atoms with Crippen molar-refractivity contribution in [1.29, 1.82) is 0 Å². The molecule has 1 heterocycles. The van der Waals surface area contributed by atoms with E-state index in [-0.39, 0.29) is 38.4 Å². The third kappa shape index (κ3) is 5.20. The average molecular weight is 459 g/mol. The van der Waals surface area contributed by atoms with E-state index < -0.39 is 17.7 Å². The molecule has 0 N–H and O–H groups in total. The molecule has 4 nitrogen and oxygen atoms in total. The summed E-state index contributed by atoms with van der Waals surface area (Å²) < 4.78 is 57.8. The number of halogens is 6. The Morgan fingerprint density at radius 3 is 2.53 bits per heavy atom. The lowest BCUT2D eigenvalue weighted by atomic mass is 10.1. The summed E-state index contributed by atoms with van der Waals surface area (Å²) in [5.74, 6) is -0.301. The first kappa shape index (κ1) is 21.9. The van der Waals surface area contributed by atoms with Gasteiger partial charge in [0.15, 0.2) is 5.69 Å². The fraction of sp³-hybridized carbons (Fsp3) is 0.100. The van der Waals surface area contributed by atoms with Crippen LogP contribution in [0, 0.1) is 11.0 Å². The van der Waals surface area contributed by atoms with E-state index in [1.54, 1.807) is 12.1 Å². The third-order valence-corrected chi connectivity index (χ3v) is 4.42. The highest BCUT2D eigenvalue weighted by Gasteiger charge is 2.37. The molecule has 0 saturated heterocycles. The van der Waals surface area contributed by atoms with E-state index in [9.17, 15) is 22.8 Å². The maximum atomic E-state index is 13.8. The Morgan fingerprint density at radius 1 is 1.10 bits per heavy atom. The standard InChI is InChI=1S/C20H12Cl2F4N2O2/c21-14-7-12(5-6-15-9-18(20(24,25)26)28(29)11-27-15)19(16(22)8-14)30-10-13-3-1-2-4-17(13)23/h1-9,11H,10H2. The van der Waals surface area contributed by atoms with Gasteiger partial charge in [-0.05, 0) is 35.3 Å². The Kier molecular flexibility index (Phi) is 6.48. The number of ether oxygens (including phenoxy) is 1. The molecule has 0 atom stereocenters. The Bertz CT molecular complexity index is 1100. The maximum absolute atomic E-state index is 13.8. The summed E-state index contributed by atoms with van der Waals surface area (Å²) in [6.45, 7) is -0.132. The molecule has 3 rings (SSSR count). The zero-order chi connectivity index (χ0) is 21.9. The molecular weight excluding hydrogens is 447 g/mol. The molecule has 0 aliphatic heterocycles. The molecule has 156 valence electrons. The van der Waals surface area contributed by atoms with Crippen molar-refractivity contribution in [2.45, 2.75) is 12.8 Å². The van der Waals surface area contributed by atoms with Crippen molar-refractivity contribution in [3.8, 4) is 5.75 Å². The minimum Gasteiger partial charge on any atom is -0.711 e. The van der Waals surface area contributed by atoms with Gasteiger partial charge in [0.2, 0.25) is 5.69 Å². The van der Waals surface area contributed by atoms with Crippen LogP contribution >= 0.6 is 23.2 Å². The lowest BCUT2D eigenvalue weighted by Crippen LogP contribution is -2.37. The quantitative estimate of drug-likeness (QED) is 0.270. The second-order valence-electron chi connectivity index (χ2n) is 6.04. The van der Waals surface area contributed by atoms with Crippen molar-refractivity contribution in [2.24, 2.45) is 0 Å². The average Bonchev–Trinajstić information content (AvgIpc) is 2.66. The van der Waals surface area contributed by atoms with Gasteiger partial charge in [-0.3, -0.25) is 0 Å². The molecule has 1 aromatic heterocycles. The van der Waals surface area contributed by atoms with Crippen LogP contribution in [0.15, 0.2) is 48.8 Å². The number of hydrogen-bond acceptors (Lipinski definition) is 3. The molecule has 0 unspecified atom stereocenters. The SMILES string of the molecule is [O-][n+]1cnc(C=Cc2cc(Cl)cc(Cl)c2OCc2ccccc2F)cc1C(F)(F)F. The summed E-state index contributed by atoms with van der Waals surface area (Å²) in [5.41, 5.74) is -0.904. The predicted molar refractivity (Wildman–Crippen MR) is 104 cm³/mol. The van der Waals surface area contributed by atoms with Crippen molar-refractivity contribution in [2.75, 3.05) is 0 Å². The molecule has 0 aliphatic rings. The fourth-order valence-electron chi connectivity index (χ4n) is 2.52. The molecule has 0 radical (unpaired) electrons. The van der Waals surface area contributed by atoms with Crippen LogP contribution in [-0.4, -0.2) is 4.98 Å². The molecule has 30 heavy (non-hydrogen) atoms. The summed E-state index contributed by atoms with van der Waals surface area (Å²) in [5, 5.41) is 11.7. The smallest absolute Gasteiger partial charge is 0.454 e. The van der Waals surface area contributed by atoms with E-state index in [2.05, 4.69) is 4.98 Å². The van der Waals surface area contributed by atoms with Crippen molar-refractivity contribution in [1.82, 2.24) is 4.98 Å². The van der Waals surface area contributed by atoms with Gasteiger partial charge < -0.3 is 9.94 Å². The van der Waals surface area contributed by atoms with E-state index in [4.69, 9.17) is 27.9 Å². The van der Waals surface area contributed by atoms with Crippen LogP contribution in [0.5, 0.6) is 5.75 Å². The van der Waals surface area contributed by atoms with Crippen molar-refractivity contribution >= 4 is 35.4 Å². The summed E-state index contributed by atoms with van der Waals surface area (Å²) >= 11 is 12.2. The van der Waals surface area contributed by atoms with Crippen molar-refractivity contribution < 1.29 is 27.0 Å². The number of rotatable bonds is 5. The van der Waals surface area contributed by atoms with Crippen molar-refractivity contribution in [3.05, 3.63) is 92.4 Å². The topological polar surface area (TPSA) is 49.1 Å². The Morgan fingerprint density at radius 2 is 1.83 bits per heavy atom. The minimum absolute atomic E-state index is 0.120. The molecule has 0 spiro atoms. The third-order valence-electron chi connectivity index (χ3n) is 3.92. The van der Waals surface area contributed by atoms with Gasteiger partial charge in [-0.1, -0.05) is 41.4 Å². The highest BCUT2D eigenvalue weighted by molar-refractivity contribution is 6.36. The van der Waals surface area contributed by atoms with Gasteiger partial charge in [-0.2, -0.15) is 13.2 Å². The van der Waals surface area contributed by atoms with E-state index in [1.165, 1.54) is 36.4 Å². The second-order valence-corrected chi connectivity index (χ2v) is 6.89. The molecule has 2 aromatic carbocycles. The lowest BCUT2D eigenvalue weighted by molar-refractivity contribution is -0.632. The molecule has 3 aromatic rings. The van der Waals surface area contributed by atoms with Crippen LogP contribution in [0.25, 0.3) is 12.2 Å². The minimum atomic E-state index is -4.83. The van der Waals surface area contributed by atoms with E-state index in [0.29, 0.717) is 18.0 Å². The predicted octanol–water partition coefficient (Wildman–Crippen LogP) is 5.93. The lowest BCUT2D eigenvalue weighted by Gasteiger charge is -2.12. The number of nitrogens with zero attached hydrogens (tertiary/aromatic N) is 2. The van der Waals surface area contributed by atoms with E-state index >= 15 is 0 Å². The molecule has 0 saturated carbocycles. The maximum Gasteiger partial charge on any atom is 0.454 e. The zero-order valence-corrected chi connectivity index (χ0v) is 16.5. The van der Waals surface area contributed by atoms with Gasteiger partial charge in [0, 0.05) is 22.2 Å². The van der Waals surface area contributed by atoms with Crippen LogP contribution < -0.4 is 9.47 Å². The summed E-state index contributed by atoms with van der Waals surface area (Å²) in [7, 11) is 0. The monoisotopic (exact) mass is 458 g/mol. The Balaban J connectivity index is 1.92.